The van der Waals surface area contributed by atoms with E-state index in [0.717, 1.165) is 35.5 Å². The molecule has 5 rings (SSSR count). The zero-order chi connectivity index (χ0) is 30.7. The average Bonchev–Trinajstić information content (AvgIpc) is 3.02. The number of rotatable bonds is 8. The molecule has 0 radical (unpaired) electrons. The van der Waals surface area contributed by atoms with Crippen molar-refractivity contribution in [1.29, 1.82) is 0 Å². The third-order valence-electron chi connectivity index (χ3n) is 8.02. The van der Waals surface area contributed by atoms with Crippen molar-refractivity contribution in [2.45, 2.75) is 19.9 Å². The van der Waals surface area contributed by atoms with Gasteiger partial charge >= 0.3 is 0 Å². The fraction of sp³-hybridized carbons (Fsp3) is 0.273. The molecule has 1 saturated heterocycles. The molecule has 1 unspecified atom stereocenters. The van der Waals surface area contributed by atoms with E-state index in [-0.39, 0.29) is 29.2 Å². The van der Waals surface area contributed by atoms with Gasteiger partial charge in [-0.25, -0.2) is 4.98 Å². The Kier molecular flexibility index (Phi) is 8.58. The lowest BCUT2D eigenvalue weighted by Gasteiger charge is -2.37. The van der Waals surface area contributed by atoms with Gasteiger partial charge in [-0.1, -0.05) is 24.3 Å². The molecule has 2 heterocycles. The maximum Gasteiger partial charge on any atom is 0.291 e. The molecule has 1 atom stereocenters. The highest BCUT2D eigenvalue weighted by Gasteiger charge is 2.31. The SMILES string of the molecule is CCN(C)c1ccc(C(=O)Nc2cccc(-c3c[nH]c(=O)c(Nc4ccc(C5C(=O)N(C)CCN5C)cc4)n3)c2C)cc1. The second kappa shape index (κ2) is 12.5. The van der Waals surface area contributed by atoms with E-state index < -0.39 is 0 Å². The van der Waals surface area contributed by atoms with Crippen LogP contribution in [0.5, 0.6) is 0 Å². The second-order valence-electron chi connectivity index (χ2n) is 10.8. The number of hydrogen-bond acceptors (Lipinski definition) is 7. The molecule has 0 saturated carbocycles. The van der Waals surface area contributed by atoms with Crippen LogP contribution in [-0.2, 0) is 4.79 Å². The first kappa shape index (κ1) is 29.5. The number of amides is 2. The predicted molar refractivity (Wildman–Crippen MR) is 171 cm³/mol. The van der Waals surface area contributed by atoms with Gasteiger partial charge in [0.05, 0.1) is 5.69 Å². The summed E-state index contributed by atoms with van der Waals surface area (Å²) < 4.78 is 0. The van der Waals surface area contributed by atoms with Crippen molar-refractivity contribution in [2.75, 3.05) is 56.3 Å². The van der Waals surface area contributed by atoms with Crippen LogP contribution in [0.15, 0.2) is 77.7 Å². The highest BCUT2D eigenvalue weighted by atomic mass is 16.2. The number of likely N-dealkylation sites (N-methyl/N-ethyl adjacent to an activating group) is 2. The largest absolute Gasteiger partial charge is 0.375 e. The Morgan fingerprint density at radius 3 is 2.44 bits per heavy atom. The fourth-order valence-corrected chi connectivity index (χ4v) is 5.15. The molecule has 222 valence electrons. The van der Waals surface area contributed by atoms with Gasteiger partial charge in [-0.3, -0.25) is 19.3 Å². The summed E-state index contributed by atoms with van der Waals surface area (Å²) in [5, 5.41) is 6.12. The lowest BCUT2D eigenvalue weighted by Crippen LogP contribution is -2.48. The molecule has 0 bridgehead atoms. The number of hydrogen-bond donors (Lipinski definition) is 3. The standard InChI is InChI=1S/C33H37N7O3/c1-6-38(3)25-16-12-23(13-17-25)31(41)37-27-9-7-8-26(21(27)2)28-20-34-32(42)30(36-28)35-24-14-10-22(11-15-24)29-33(43)40(5)19-18-39(29)4/h7-17,20,29H,6,18-19H2,1-5H3,(H,34,42)(H,35,36)(H,37,41). The highest BCUT2D eigenvalue weighted by Crippen LogP contribution is 2.29. The summed E-state index contributed by atoms with van der Waals surface area (Å²) in [6, 6.07) is 20.2. The summed E-state index contributed by atoms with van der Waals surface area (Å²) in [6.45, 7) is 6.36. The fourth-order valence-electron chi connectivity index (χ4n) is 5.15. The first-order chi connectivity index (χ1) is 20.7. The van der Waals surface area contributed by atoms with Crippen LogP contribution in [0.25, 0.3) is 11.3 Å². The van der Waals surface area contributed by atoms with E-state index in [1.54, 1.807) is 11.1 Å². The van der Waals surface area contributed by atoms with Crippen molar-refractivity contribution in [3.05, 3.63) is 100.0 Å². The molecule has 0 spiro atoms. The third kappa shape index (κ3) is 6.29. The first-order valence-electron chi connectivity index (χ1n) is 14.3. The maximum absolute atomic E-state index is 13.0. The Morgan fingerprint density at radius 2 is 1.74 bits per heavy atom. The minimum Gasteiger partial charge on any atom is -0.375 e. The molecular weight excluding hydrogens is 542 g/mol. The number of H-pyrrole nitrogens is 1. The van der Waals surface area contributed by atoms with Gasteiger partial charge in [0, 0.05) is 68.1 Å². The van der Waals surface area contributed by atoms with E-state index >= 15 is 0 Å². The molecule has 3 aromatic carbocycles. The van der Waals surface area contributed by atoms with Crippen LogP contribution in [0.1, 0.15) is 34.5 Å². The molecule has 43 heavy (non-hydrogen) atoms. The number of carbonyl (C=O) groups is 2. The van der Waals surface area contributed by atoms with Gasteiger partial charge in [-0.2, -0.15) is 0 Å². The summed E-state index contributed by atoms with van der Waals surface area (Å²) >= 11 is 0. The lowest BCUT2D eigenvalue weighted by molar-refractivity contribution is -0.139. The zero-order valence-corrected chi connectivity index (χ0v) is 25.1. The number of nitrogens with zero attached hydrogens (tertiary/aromatic N) is 4. The van der Waals surface area contributed by atoms with E-state index in [9.17, 15) is 14.4 Å². The Balaban J connectivity index is 1.34. The minimum absolute atomic E-state index is 0.0618. The predicted octanol–water partition coefficient (Wildman–Crippen LogP) is 4.64. The summed E-state index contributed by atoms with van der Waals surface area (Å²) in [5.74, 6) is -0.00691. The van der Waals surface area contributed by atoms with Gasteiger partial charge in [-0.15, -0.1) is 0 Å². The van der Waals surface area contributed by atoms with Crippen molar-refractivity contribution in [3.63, 3.8) is 0 Å². The van der Waals surface area contributed by atoms with Gasteiger partial charge in [-0.05, 0) is 74.5 Å². The quantitative estimate of drug-likeness (QED) is 0.279. The molecule has 1 aliphatic heterocycles. The third-order valence-corrected chi connectivity index (χ3v) is 8.02. The first-order valence-corrected chi connectivity index (χ1v) is 14.3. The van der Waals surface area contributed by atoms with Crippen molar-refractivity contribution in [3.8, 4) is 11.3 Å². The van der Waals surface area contributed by atoms with Crippen molar-refractivity contribution in [2.24, 2.45) is 0 Å². The maximum atomic E-state index is 13.0. The molecule has 3 N–H and O–H groups in total. The average molecular weight is 580 g/mol. The molecule has 1 fully saturated rings. The smallest absolute Gasteiger partial charge is 0.291 e. The van der Waals surface area contributed by atoms with Crippen molar-refractivity contribution in [1.82, 2.24) is 19.8 Å². The summed E-state index contributed by atoms with van der Waals surface area (Å²) in [6.07, 6.45) is 1.56. The van der Waals surface area contributed by atoms with E-state index in [1.807, 2.05) is 99.7 Å². The van der Waals surface area contributed by atoms with Gasteiger partial charge in [0.15, 0.2) is 5.82 Å². The Morgan fingerprint density at radius 1 is 1.02 bits per heavy atom. The van der Waals surface area contributed by atoms with Gasteiger partial charge < -0.3 is 25.4 Å². The number of aromatic nitrogens is 2. The lowest BCUT2D eigenvalue weighted by atomic mass is 10.0. The molecule has 0 aliphatic carbocycles. The number of carbonyl (C=O) groups excluding carboxylic acids is 2. The number of piperazine rings is 1. The van der Waals surface area contributed by atoms with Crippen LogP contribution < -0.4 is 21.1 Å². The summed E-state index contributed by atoms with van der Waals surface area (Å²) in [4.78, 5) is 51.7. The van der Waals surface area contributed by atoms with Crippen LogP contribution in [0.3, 0.4) is 0 Å². The molecule has 4 aromatic rings. The topological polar surface area (TPSA) is 114 Å². The second-order valence-corrected chi connectivity index (χ2v) is 10.8. The van der Waals surface area contributed by atoms with Crippen molar-refractivity contribution < 1.29 is 9.59 Å². The van der Waals surface area contributed by atoms with Crippen LogP contribution in [0.4, 0.5) is 22.9 Å². The van der Waals surface area contributed by atoms with Crippen LogP contribution in [0, 0.1) is 6.92 Å². The molecule has 10 heteroatoms. The van der Waals surface area contributed by atoms with Crippen LogP contribution in [0.2, 0.25) is 0 Å². The Bertz CT molecular complexity index is 1680. The number of nitrogens with one attached hydrogen (secondary N) is 3. The van der Waals surface area contributed by atoms with Gasteiger partial charge in [0.2, 0.25) is 5.91 Å². The normalized spacial score (nSPS) is 15.3. The molecule has 10 nitrogen and oxygen atoms in total. The van der Waals surface area contributed by atoms with Crippen LogP contribution >= 0.6 is 0 Å². The monoisotopic (exact) mass is 579 g/mol. The highest BCUT2D eigenvalue weighted by molar-refractivity contribution is 6.05. The van der Waals surface area contributed by atoms with E-state index in [1.165, 1.54) is 0 Å². The van der Waals surface area contributed by atoms with E-state index in [0.29, 0.717) is 29.2 Å². The molecule has 1 aromatic heterocycles. The van der Waals surface area contributed by atoms with Crippen LogP contribution in [-0.4, -0.2) is 72.4 Å². The minimum atomic E-state index is -0.365. The number of benzene rings is 3. The van der Waals surface area contributed by atoms with Crippen molar-refractivity contribution >= 4 is 34.7 Å². The Labute approximate surface area is 251 Å². The molecule has 2 amide bonds. The Hall–Kier alpha value is -4.96. The van der Waals surface area contributed by atoms with E-state index in [2.05, 4.69) is 32.4 Å². The van der Waals surface area contributed by atoms with Gasteiger partial charge in [0.25, 0.3) is 11.5 Å². The number of aromatic amines is 1. The molecular formula is C33H37N7O3. The summed E-state index contributed by atoms with van der Waals surface area (Å²) in [7, 11) is 5.77. The zero-order valence-electron chi connectivity index (χ0n) is 25.1. The number of anilines is 4. The van der Waals surface area contributed by atoms with E-state index in [4.69, 9.17) is 0 Å². The summed E-state index contributed by atoms with van der Waals surface area (Å²) in [5.41, 5.74) is 5.60. The van der Waals surface area contributed by atoms with Gasteiger partial charge in [0.1, 0.15) is 6.04 Å². The molecule has 1 aliphatic rings.